The number of anilines is 1. The van der Waals surface area contributed by atoms with E-state index in [9.17, 15) is 4.79 Å². The predicted octanol–water partition coefficient (Wildman–Crippen LogP) is 2.45. The summed E-state index contributed by atoms with van der Waals surface area (Å²) in [5.74, 6) is 2.02. The fraction of sp³-hybridized carbons (Fsp3) is 0.316. The van der Waals surface area contributed by atoms with Crippen LogP contribution in [0, 0.1) is 0 Å². The standard InChI is InChI=1S/C19H24N2O5/c1-23-15-8-6-5-7-13(15)11-20-12-18(22)21-14-9-16(24-2)19(26-4)17(10-14)25-3/h5-10,20H,11-12H2,1-4H3,(H,21,22). The van der Waals surface area contributed by atoms with Gasteiger partial charge in [-0.1, -0.05) is 18.2 Å². The van der Waals surface area contributed by atoms with Gasteiger partial charge in [0.2, 0.25) is 11.7 Å². The average molecular weight is 360 g/mol. The van der Waals surface area contributed by atoms with Crippen molar-refractivity contribution in [2.24, 2.45) is 0 Å². The minimum Gasteiger partial charge on any atom is -0.496 e. The van der Waals surface area contributed by atoms with Gasteiger partial charge in [0, 0.05) is 29.9 Å². The summed E-state index contributed by atoms with van der Waals surface area (Å²) in [5, 5.41) is 5.91. The van der Waals surface area contributed by atoms with Crippen molar-refractivity contribution < 1.29 is 23.7 Å². The van der Waals surface area contributed by atoms with E-state index in [1.165, 1.54) is 21.3 Å². The first-order valence-electron chi connectivity index (χ1n) is 8.05. The van der Waals surface area contributed by atoms with E-state index in [0.29, 0.717) is 29.5 Å². The fourth-order valence-electron chi connectivity index (χ4n) is 2.52. The van der Waals surface area contributed by atoms with Gasteiger partial charge in [-0.2, -0.15) is 0 Å². The summed E-state index contributed by atoms with van der Waals surface area (Å²) in [6, 6.07) is 11.0. The van der Waals surface area contributed by atoms with E-state index in [2.05, 4.69) is 10.6 Å². The molecular weight excluding hydrogens is 336 g/mol. The highest BCUT2D eigenvalue weighted by Crippen LogP contribution is 2.39. The normalized spacial score (nSPS) is 10.2. The molecule has 0 spiro atoms. The summed E-state index contributed by atoms with van der Waals surface area (Å²) >= 11 is 0. The smallest absolute Gasteiger partial charge is 0.238 e. The molecule has 0 aliphatic carbocycles. The van der Waals surface area contributed by atoms with Crippen molar-refractivity contribution >= 4 is 11.6 Å². The summed E-state index contributed by atoms with van der Waals surface area (Å²) in [7, 11) is 6.20. The third-order valence-electron chi connectivity index (χ3n) is 3.74. The number of para-hydroxylation sites is 1. The van der Waals surface area contributed by atoms with Crippen LogP contribution >= 0.6 is 0 Å². The third kappa shape index (κ3) is 4.80. The van der Waals surface area contributed by atoms with Gasteiger partial charge >= 0.3 is 0 Å². The van der Waals surface area contributed by atoms with E-state index in [-0.39, 0.29) is 12.5 Å². The first-order chi connectivity index (χ1) is 12.6. The lowest BCUT2D eigenvalue weighted by Crippen LogP contribution is -2.27. The molecule has 0 unspecified atom stereocenters. The van der Waals surface area contributed by atoms with Crippen LogP contribution in [0.4, 0.5) is 5.69 Å². The van der Waals surface area contributed by atoms with E-state index in [0.717, 1.165) is 11.3 Å². The Hall–Kier alpha value is -2.93. The first-order valence-corrected chi connectivity index (χ1v) is 8.05. The predicted molar refractivity (Wildman–Crippen MR) is 99.4 cm³/mol. The van der Waals surface area contributed by atoms with Crippen LogP contribution in [0.15, 0.2) is 36.4 Å². The van der Waals surface area contributed by atoms with E-state index in [1.807, 2.05) is 24.3 Å². The van der Waals surface area contributed by atoms with Gasteiger partial charge in [-0.15, -0.1) is 0 Å². The lowest BCUT2D eigenvalue weighted by molar-refractivity contribution is -0.115. The molecule has 2 aromatic carbocycles. The minimum atomic E-state index is -0.186. The second-order valence-electron chi connectivity index (χ2n) is 5.38. The summed E-state index contributed by atoms with van der Waals surface area (Å²) in [6.45, 7) is 0.668. The van der Waals surface area contributed by atoms with Gasteiger partial charge in [0.1, 0.15) is 5.75 Å². The van der Waals surface area contributed by atoms with E-state index >= 15 is 0 Å². The lowest BCUT2D eigenvalue weighted by Gasteiger charge is -2.15. The summed E-state index contributed by atoms with van der Waals surface area (Å²) < 4.78 is 21.1. The zero-order valence-corrected chi connectivity index (χ0v) is 15.4. The highest BCUT2D eigenvalue weighted by atomic mass is 16.5. The maximum Gasteiger partial charge on any atom is 0.238 e. The highest BCUT2D eigenvalue weighted by Gasteiger charge is 2.14. The molecule has 7 heteroatoms. The Balaban J connectivity index is 1.97. The van der Waals surface area contributed by atoms with Gasteiger partial charge in [0.05, 0.1) is 35.0 Å². The summed E-state index contributed by atoms with van der Waals surface area (Å²) in [5.41, 5.74) is 1.54. The van der Waals surface area contributed by atoms with Crippen molar-refractivity contribution in [2.45, 2.75) is 6.54 Å². The zero-order valence-electron chi connectivity index (χ0n) is 15.4. The monoisotopic (exact) mass is 360 g/mol. The number of benzene rings is 2. The molecule has 0 bridgehead atoms. The van der Waals surface area contributed by atoms with Crippen LogP contribution < -0.4 is 29.6 Å². The molecule has 0 aliphatic heterocycles. The topological polar surface area (TPSA) is 78.1 Å². The van der Waals surface area contributed by atoms with Crippen molar-refractivity contribution in [3.05, 3.63) is 42.0 Å². The van der Waals surface area contributed by atoms with Gasteiger partial charge in [-0.3, -0.25) is 4.79 Å². The number of methoxy groups -OCH3 is 4. The molecule has 2 N–H and O–H groups in total. The van der Waals surface area contributed by atoms with Crippen molar-refractivity contribution in [3.63, 3.8) is 0 Å². The molecule has 0 aromatic heterocycles. The SMILES string of the molecule is COc1ccccc1CNCC(=O)Nc1cc(OC)c(OC)c(OC)c1. The van der Waals surface area contributed by atoms with Crippen molar-refractivity contribution in [1.82, 2.24) is 5.32 Å². The van der Waals surface area contributed by atoms with E-state index in [1.54, 1.807) is 19.2 Å². The van der Waals surface area contributed by atoms with E-state index in [4.69, 9.17) is 18.9 Å². The van der Waals surface area contributed by atoms with Crippen molar-refractivity contribution in [3.8, 4) is 23.0 Å². The van der Waals surface area contributed by atoms with Crippen LogP contribution in [0.25, 0.3) is 0 Å². The second-order valence-corrected chi connectivity index (χ2v) is 5.38. The van der Waals surface area contributed by atoms with Crippen LogP contribution in [-0.4, -0.2) is 40.9 Å². The number of nitrogens with one attached hydrogen (secondary N) is 2. The number of carbonyl (C=O) groups is 1. The Bertz CT molecular complexity index is 723. The summed E-state index contributed by atoms with van der Waals surface area (Å²) in [4.78, 5) is 12.2. The van der Waals surface area contributed by atoms with E-state index < -0.39 is 0 Å². The van der Waals surface area contributed by atoms with Crippen LogP contribution in [0.5, 0.6) is 23.0 Å². The molecule has 7 nitrogen and oxygen atoms in total. The molecule has 140 valence electrons. The summed E-state index contributed by atoms with van der Waals surface area (Å²) in [6.07, 6.45) is 0. The third-order valence-corrected chi connectivity index (χ3v) is 3.74. The van der Waals surface area contributed by atoms with Crippen LogP contribution in [0.3, 0.4) is 0 Å². The van der Waals surface area contributed by atoms with Gasteiger partial charge in [-0.05, 0) is 6.07 Å². The molecular formula is C19H24N2O5. The Morgan fingerprint density at radius 1 is 0.885 bits per heavy atom. The molecule has 0 radical (unpaired) electrons. The molecule has 0 heterocycles. The molecule has 2 aromatic rings. The zero-order chi connectivity index (χ0) is 18.9. The first kappa shape index (κ1) is 19.4. The highest BCUT2D eigenvalue weighted by molar-refractivity contribution is 5.93. The lowest BCUT2D eigenvalue weighted by atomic mass is 10.2. The number of ether oxygens (including phenoxy) is 4. The number of amides is 1. The Morgan fingerprint density at radius 3 is 2.08 bits per heavy atom. The Morgan fingerprint density at radius 2 is 1.50 bits per heavy atom. The molecule has 1 amide bonds. The quantitative estimate of drug-likeness (QED) is 0.715. The molecule has 26 heavy (non-hydrogen) atoms. The maximum atomic E-state index is 12.2. The molecule has 0 aliphatic rings. The number of rotatable bonds is 9. The maximum absolute atomic E-state index is 12.2. The fourth-order valence-corrected chi connectivity index (χ4v) is 2.52. The number of hydrogen-bond donors (Lipinski definition) is 2. The van der Waals surface area contributed by atoms with Gasteiger partial charge in [0.25, 0.3) is 0 Å². The molecule has 0 saturated heterocycles. The Labute approximate surface area is 153 Å². The number of hydrogen-bond acceptors (Lipinski definition) is 6. The minimum absolute atomic E-state index is 0.148. The largest absolute Gasteiger partial charge is 0.496 e. The van der Waals surface area contributed by atoms with Crippen molar-refractivity contribution in [2.75, 3.05) is 40.3 Å². The molecule has 0 atom stereocenters. The van der Waals surface area contributed by atoms with Gasteiger partial charge in [0.15, 0.2) is 11.5 Å². The second kappa shape index (κ2) is 9.53. The van der Waals surface area contributed by atoms with Crippen LogP contribution in [-0.2, 0) is 11.3 Å². The van der Waals surface area contributed by atoms with Crippen molar-refractivity contribution in [1.29, 1.82) is 0 Å². The molecule has 0 saturated carbocycles. The molecule has 2 rings (SSSR count). The average Bonchev–Trinajstić information content (AvgIpc) is 2.67. The number of carbonyl (C=O) groups excluding carboxylic acids is 1. The van der Waals surface area contributed by atoms with Crippen LogP contribution in [0.1, 0.15) is 5.56 Å². The van der Waals surface area contributed by atoms with Gasteiger partial charge in [-0.25, -0.2) is 0 Å². The molecule has 0 fully saturated rings. The van der Waals surface area contributed by atoms with Crippen LogP contribution in [0.2, 0.25) is 0 Å². The Kier molecular flexibility index (Phi) is 7.11. The van der Waals surface area contributed by atoms with Gasteiger partial charge < -0.3 is 29.6 Å².